The van der Waals surface area contributed by atoms with Crippen LogP contribution in [0.15, 0.2) is 12.3 Å². The van der Waals surface area contributed by atoms with Crippen molar-refractivity contribution >= 4 is 0 Å². The lowest BCUT2D eigenvalue weighted by molar-refractivity contribution is 0.315. The van der Waals surface area contributed by atoms with Gasteiger partial charge in [0.1, 0.15) is 0 Å². The molecule has 0 N–H and O–H groups in total. The fraction of sp³-hybridized carbons (Fsp3) is 0.583. The van der Waals surface area contributed by atoms with Crippen molar-refractivity contribution < 1.29 is 4.74 Å². The van der Waals surface area contributed by atoms with Crippen molar-refractivity contribution in [1.82, 2.24) is 4.98 Å². The summed E-state index contributed by atoms with van der Waals surface area (Å²) >= 11 is 0. The Hall–Kier alpha value is -1.05. The van der Waals surface area contributed by atoms with Gasteiger partial charge in [0, 0.05) is 11.8 Å². The van der Waals surface area contributed by atoms with Gasteiger partial charge in [0.15, 0.2) is 0 Å². The smallest absolute Gasteiger partial charge is 0.217 e. The first-order valence-electron chi connectivity index (χ1n) is 5.05. The van der Waals surface area contributed by atoms with Crippen LogP contribution in [-0.2, 0) is 5.41 Å². The Bertz CT molecular complexity index is 313. The average molecular weight is 193 g/mol. The standard InChI is InChI=1S/C12H19NO/c1-6-14-11-10(12(3,4)5)9(2)7-8-13-11/h7-8H,6H2,1-5H3. The number of hydrogen-bond acceptors (Lipinski definition) is 2. The quantitative estimate of drug-likeness (QED) is 0.720. The Kier molecular flexibility index (Phi) is 3.14. The van der Waals surface area contributed by atoms with Crippen molar-refractivity contribution in [3.8, 4) is 5.88 Å². The molecule has 0 spiro atoms. The summed E-state index contributed by atoms with van der Waals surface area (Å²) in [5, 5.41) is 0. The van der Waals surface area contributed by atoms with Gasteiger partial charge in [-0.05, 0) is 30.9 Å². The number of nitrogens with zero attached hydrogens (tertiary/aromatic N) is 1. The number of rotatable bonds is 2. The van der Waals surface area contributed by atoms with Crippen LogP contribution in [0.1, 0.15) is 38.8 Å². The zero-order valence-corrected chi connectivity index (χ0v) is 9.72. The molecule has 1 rings (SSSR count). The largest absolute Gasteiger partial charge is 0.478 e. The molecule has 0 bridgehead atoms. The van der Waals surface area contributed by atoms with E-state index in [2.05, 4.69) is 32.7 Å². The van der Waals surface area contributed by atoms with Crippen molar-refractivity contribution in [3.63, 3.8) is 0 Å². The van der Waals surface area contributed by atoms with E-state index in [-0.39, 0.29) is 5.41 Å². The first-order valence-corrected chi connectivity index (χ1v) is 5.05. The summed E-state index contributed by atoms with van der Waals surface area (Å²) in [5.74, 6) is 0.778. The third-order valence-corrected chi connectivity index (χ3v) is 2.16. The molecule has 14 heavy (non-hydrogen) atoms. The Balaban J connectivity index is 3.22. The highest BCUT2D eigenvalue weighted by Gasteiger charge is 2.21. The first kappa shape index (κ1) is 11.0. The number of ether oxygens (including phenoxy) is 1. The van der Waals surface area contributed by atoms with Crippen LogP contribution in [-0.4, -0.2) is 11.6 Å². The van der Waals surface area contributed by atoms with Gasteiger partial charge in [-0.15, -0.1) is 0 Å². The van der Waals surface area contributed by atoms with Gasteiger partial charge in [-0.25, -0.2) is 4.98 Å². The minimum Gasteiger partial charge on any atom is -0.478 e. The highest BCUT2D eigenvalue weighted by atomic mass is 16.5. The van der Waals surface area contributed by atoms with Crippen LogP contribution in [0.25, 0.3) is 0 Å². The molecule has 0 aromatic carbocycles. The van der Waals surface area contributed by atoms with Crippen LogP contribution in [0.4, 0.5) is 0 Å². The summed E-state index contributed by atoms with van der Waals surface area (Å²) in [4.78, 5) is 4.27. The highest BCUT2D eigenvalue weighted by molar-refractivity contribution is 5.38. The number of aromatic nitrogens is 1. The zero-order chi connectivity index (χ0) is 10.8. The van der Waals surface area contributed by atoms with E-state index in [1.807, 2.05) is 13.0 Å². The van der Waals surface area contributed by atoms with Crippen molar-refractivity contribution in [2.24, 2.45) is 0 Å². The molecule has 0 fully saturated rings. The molecule has 2 heteroatoms. The number of aryl methyl sites for hydroxylation is 1. The maximum atomic E-state index is 5.53. The molecular weight excluding hydrogens is 174 g/mol. The topological polar surface area (TPSA) is 22.1 Å². The molecule has 0 saturated carbocycles. The molecule has 0 amide bonds. The average Bonchev–Trinajstić information content (AvgIpc) is 2.02. The third-order valence-electron chi connectivity index (χ3n) is 2.16. The summed E-state index contributed by atoms with van der Waals surface area (Å²) in [6.45, 7) is 11.3. The summed E-state index contributed by atoms with van der Waals surface area (Å²) in [5.41, 5.74) is 2.54. The van der Waals surface area contributed by atoms with E-state index in [0.717, 1.165) is 5.88 Å². The lowest BCUT2D eigenvalue weighted by Crippen LogP contribution is -2.16. The first-order chi connectivity index (χ1) is 6.46. The molecule has 0 aliphatic heterocycles. The molecule has 2 nitrogen and oxygen atoms in total. The van der Waals surface area contributed by atoms with Crippen LogP contribution in [0.5, 0.6) is 5.88 Å². The highest BCUT2D eigenvalue weighted by Crippen LogP contribution is 2.32. The summed E-state index contributed by atoms with van der Waals surface area (Å²) < 4.78 is 5.53. The maximum absolute atomic E-state index is 5.53. The van der Waals surface area contributed by atoms with E-state index in [1.54, 1.807) is 6.20 Å². The molecule has 0 aliphatic carbocycles. The van der Waals surface area contributed by atoms with Crippen molar-refractivity contribution in [3.05, 3.63) is 23.4 Å². The van der Waals surface area contributed by atoms with Crippen molar-refractivity contribution in [2.75, 3.05) is 6.61 Å². The second kappa shape index (κ2) is 3.99. The van der Waals surface area contributed by atoms with Crippen LogP contribution in [0, 0.1) is 6.92 Å². The molecule has 0 radical (unpaired) electrons. The predicted molar refractivity (Wildman–Crippen MR) is 58.8 cm³/mol. The molecule has 1 heterocycles. The van der Waals surface area contributed by atoms with E-state index < -0.39 is 0 Å². The second-order valence-corrected chi connectivity index (χ2v) is 4.49. The van der Waals surface area contributed by atoms with Gasteiger partial charge >= 0.3 is 0 Å². The second-order valence-electron chi connectivity index (χ2n) is 4.49. The molecule has 0 aliphatic rings. The zero-order valence-electron chi connectivity index (χ0n) is 9.72. The van der Waals surface area contributed by atoms with Crippen LogP contribution in [0.3, 0.4) is 0 Å². The van der Waals surface area contributed by atoms with Crippen LogP contribution >= 0.6 is 0 Å². The summed E-state index contributed by atoms with van der Waals surface area (Å²) in [6, 6.07) is 2.03. The Morgan fingerprint density at radius 2 is 2.00 bits per heavy atom. The lowest BCUT2D eigenvalue weighted by atomic mass is 9.85. The van der Waals surface area contributed by atoms with E-state index in [4.69, 9.17) is 4.74 Å². The monoisotopic (exact) mass is 193 g/mol. The Morgan fingerprint density at radius 1 is 1.36 bits per heavy atom. The van der Waals surface area contributed by atoms with Crippen molar-refractivity contribution in [1.29, 1.82) is 0 Å². The molecule has 0 unspecified atom stereocenters. The molecule has 1 aromatic rings. The SMILES string of the molecule is CCOc1nccc(C)c1C(C)(C)C. The van der Waals surface area contributed by atoms with Gasteiger partial charge in [0.25, 0.3) is 0 Å². The van der Waals surface area contributed by atoms with Crippen LogP contribution in [0.2, 0.25) is 0 Å². The molecular formula is C12H19NO. The predicted octanol–water partition coefficient (Wildman–Crippen LogP) is 3.09. The van der Waals surface area contributed by atoms with Gasteiger partial charge in [-0.2, -0.15) is 0 Å². The van der Waals surface area contributed by atoms with E-state index in [0.29, 0.717) is 6.61 Å². The Labute approximate surface area is 86.3 Å². The van der Waals surface area contributed by atoms with E-state index in [9.17, 15) is 0 Å². The fourth-order valence-electron chi connectivity index (χ4n) is 1.69. The van der Waals surface area contributed by atoms with Gasteiger partial charge in [0.2, 0.25) is 5.88 Å². The minimum absolute atomic E-state index is 0.0862. The van der Waals surface area contributed by atoms with Gasteiger partial charge < -0.3 is 4.74 Å². The van der Waals surface area contributed by atoms with Gasteiger partial charge in [0.05, 0.1) is 6.61 Å². The summed E-state index contributed by atoms with van der Waals surface area (Å²) in [7, 11) is 0. The van der Waals surface area contributed by atoms with Gasteiger partial charge in [-0.3, -0.25) is 0 Å². The lowest BCUT2D eigenvalue weighted by Gasteiger charge is -2.23. The molecule has 0 atom stereocenters. The van der Waals surface area contributed by atoms with E-state index >= 15 is 0 Å². The van der Waals surface area contributed by atoms with E-state index in [1.165, 1.54) is 11.1 Å². The summed E-state index contributed by atoms with van der Waals surface area (Å²) in [6.07, 6.45) is 1.80. The Morgan fingerprint density at radius 3 is 2.50 bits per heavy atom. The molecule has 78 valence electrons. The van der Waals surface area contributed by atoms with Crippen molar-refractivity contribution in [2.45, 2.75) is 40.0 Å². The normalized spacial score (nSPS) is 11.5. The number of hydrogen-bond donors (Lipinski definition) is 0. The number of pyridine rings is 1. The minimum atomic E-state index is 0.0862. The van der Waals surface area contributed by atoms with Gasteiger partial charge in [-0.1, -0.05) is 20.8 Å². The molecule has 0 saturated heterocycles. The maximum Gasteiger partial charge on any atom is 0.217 e. The van der Waals surface area contributed by atoms with Crippen LogP contribution < -0.4 is 4.74 Å². The fourth-order valence-corrected chi connectivity index (χ4v) is 1.69. The third kappa shape index (κ3) is 2.25. The molecule has 1 aromatic heterocycles.